The van der Waals surface area contributed by atoms with Crippen LogP contribution >= 0.6 is 0 Å². The molecule has 1 saturated carbocycles. The largest absolute Gasteiger partial charge is 0.392 e. The fraction of sp³-hybridized carbons (Fsp3) is 0.625. The van der Waals surface area contributed by atoms with Crippen LogP contribution in [0.3, 0.4) is 0 Å². The molecule has 1 aromatic rings. The maximum atomic E-state index is 13.1. The summed E-state index contributed by atoms with van der Waals surface area (Å²) in [7, 11) is 0. The molecule has 1 nitrogen and oxygen atoms in total. The lowest BCUT2D eigenvalue weighted by molar-refractivity contribution is 0.0576. The topological polar surface area (TPSA) is 20.2 Å². The highest BCUT2D eigenvalue weighted by Crippen LogP contribution is 2.39. The Bertz CT molecular complexity index is 412. The number of benzene rings is 1. The molecular weight excluding hydrogens is 246 g/mol. The predicted octanol–water partition coefficient (Wildman–Crippen LogP) is 4.08. The maximum absolute atomic E-state index is 13.1. The van der Waals surface area contributed by atoms with Crippen LogP contribution in [0.15, 0.2) is 18.2 Å². The zero-order valence-electron chi connectivity index (χ0n) is 11.6. The van der Waals surface area contributed by atoms with Gasteiger partial charge in [0, 0.05) is 6.07 Å². The minimum atomic E-state index is -0.577. The van der Waals surface area contributed by atoms with Crippen LogP contribution < -0.4 is 0 Å². The third-order valence-corrected chi connectivity index (χ3v) is 4.30. The molecule has 1 aliphatic rings. The van der Waals surface area contributed by atoms with E-state index in [1.165, 1.54) is 12.1 Å². The molecule has 1 unspecified atom stereocenters. The maximum Gasteiger partial charge on any atom is 0.126 e. The van der Waals surface area contributed by atoms with E-state index in [1.54, 1.807) is 0 Å². The summed E-state index contributed by atoms with van der Waals surface area (Å²) in [5.74, 6) is -0.904. The van der Waals surface area contributed by atoms with Crippen molar-refractivity contribution >= 4 is 0 Å². The molecule has 2 rings (SSSR count). The summed E-state index contributed by atoms with van der Waals surface area (Å²) in [6.07, 6.45) is 4.02. The number of halogens is 2. The second kappa shape index (κ2) is 5.58. The average Bonchev–Trinajstić information content (AvgIpc) is 2.26. The summed E-state index contributed by atoms with van der Waals surface area (Å²) in [5, 5.41) is 10.2. The van der Waals surface area contributed by atoms with Crippen molar-refractivity contribution in [2.45, 2.75) is 52.1 Å². The Morgan fingerprint density at radius 2 is 1.68 bits per heavy atom. The van der Waals surface area contributed by atoms with Crippen LogP contribution in [0.4, 0.5) is 8.78 Å². The van der Waals surface area contributed by atoms with Crippen LogP contribution in [-0.2, 0) is 6.42 Å². The molecule has 0 spiro atoms. The van der Waals surface area contributed by atoms with E-state index in [0.717, 1.165) is 31.7 Å². The van der Waals surface area contributed by atoms with E-state index in [-0.39, 0.29) is 5.92 Å². The molecule has 0 radical (unpaired) electrons. The van der Waals surface area contributed by atoms with Gasteiger partial charge in [0.2, 0.25) is 0 Å². The highest BCUT2D eigenvalue weighted by atomic mass is 19.1. The number of aliphatic hydroxyl groups is 1. The van der Waals surface area contributed by atoms with Crippen LogP contribution in [0.25, 0.3) is 0 Å². The van der Waals surface area contributed by atoms with E-state index in [9.17, 15) is 13.9 Å². The van der Waals surface area contributed by atoms with Crippen LogP contribution in [0.5, 0.6) is 0 Å². The van der Waals surface area contributed by atoms with E-state index >= 15 is 0 Å². The lowest BCUT2D eigenvalue weighted by atomic mass is 9.71. The Morgan fingerprint density at radius 1 is 1.16 bits per heavy atom. The second-order valence-electron chi connectivity index (χ2n) is 6.55. The smallest absolute Gasteiger partial charge is 0.126 e. The molecule has 3 heteroatoms. The van der Waals surface area contributed by atoms with E-state index in [4.69, 9.17) is 0 Å². The lowest BCUT2D eigenvalue weighted by Gasteiger charge is -2.36. The van der Waals surface area contributed by atoms with Gasteiger partial charge in [-0.1, -0.05) is 13.8 Å². The normalized spacial score (nSPS) is 21.3. The zero-order chi connectivity index (χ0) is 14.0. The first-order valence-electron chi connectivity index (χ1n) is 6.99. The Labute approximate surface area is 113 Å². The summed E-state index contributed by atoms with van der Waals surface area (Å²) in [6.45, 7) is 4.50. The molecule has 0 heterocycles. The van der Waals surface area contributed by atoms with Crippen molar-refractivity contribution < 1.29 is 13.9 Å². The van der Waals surface area contributed by atoms with Crippen molar-refractivity contribution in [2.75, 3.05) is 0 Å². The Kier molecular flexibility index (Phi) is 4.24. The minimum Gasteiger partial charge on any atom is -0.392 e. The van der Waals surface area contributed by atoms with Gasteiger partial charge < -0.3 is 5.11 Å². The van der Waals surface area contributed by atoms with Crippen LogP contribution in [-0.4, -0.2) is 11.2 Å². The molecule has 0 aliphatic heterocycles. The van der Waals surface area contributed by atoms with Crippen molar-refractivity contribution in [3.63, 3.8) is 0 Å². The van der Waals surface area contributed by atoms with Gasteiger partial charge in [0.25, 0.3) is 0 Å². The van der Waals surface area contributed by atoms with Gasteiger partial charge in [-0.25, -0.2) is 8.78 Å². The van der Waals surface area contributed by atoms with Gasteiger partial charge in [-0.3, -0.25) is 0 Å². The van der Waals surface area contributed by atoms with Crippen molar-refractivity contribution in [3.8, 4) is 0 Å². The van der Waals surface area contributed by atoms with Crippen molar-refractivity contribution in [2.24, 2.45) is 11.3 Å². The van der Waals surface area contributed by atoms with Gasteiger partial charge >= 0.3 is 0 Å². The molecule has 0 aromatic heterocycles. The SMILES string of the molecule is CC1(C)CCC(C(O)Cc2cc(F)cc(F)c2)CC1. The van der Waals surface area contributed by atoms with E-state index < -0.39 is 17.7 Å². The fourth-order valence-electron chi connectivity index (χ4n) is 2.94. The van der Waals surface area contributed by atoms with Gasteiger partial charge in [0.15, 0.2) is 0 Å². The Hall–Kier alpha value is -0.960. The molecule has 1 atom stereocenters. The first-order chi connectivity index (χ1) is 8.85. The quantitative estimate of drug-likeness (QED) is 0.875. The summed E-state index contributed by atoms with van der Waals surface area (Å²) < 4.78 is 26.2. The van der Waals surface area contributed by atoms with Crippen molar-refractivity contribution in [3.05, 3.63) is 35.4 Å². The molecule has 106 valence electrons. The molecule has 1 fully saturated rings. The summed E-state index contributed by atoms with van der Waals surface area (Å²) in [4.78, 5) is 0. The van der Waals surface area contributed by atoms with Crippen LogP contribution in [0, 0.1) is 23.0 Å². The van der Waals surface area contributed by atoms with Crippen LogP contribution in [0.1, 0.15) is 45.1 Å². The highest BCUT2D eigenvalue weighted by molar-refractivity contribution is 5.18. The second-order valence-corrected chi connectivity index (χ2v) is 6.55. The predicted molar refractivity (Wildman–Crippen MR) is 71.8 cm³/mol. The first kappa shape index (κ1) is 14.4. The minimum absolute atomic E-state index is 0.249. The molecular formula is C16H22F2O. The first-order valence-corrected chi connectivity index (χ1v) is 6.99. The molecule has 0 bridgehead atoms. The summed E-state index contributed by atoms with van der Waals surface area (Å²) >= 11 is 0. The van der Waals surface area contributed by atoms with E-state index in [1.807, 2.05) is 0 Å². The van der Waals surface area contributed by atoms with Gasteiger partial charge in [-0.2, -0.15) is 0 Å². The number of rotatable bonds is 3. The molecule has 0 saturated heterocycles. The molecule has 1 N–H and O–H groups in total. The average molecular weight is 268 g/mol. The number of aliphatic hydroxyl groups excluding tert-OH is 1. The number of hydrogen-bond donors (Lipinski definition) is 1. The molecule has 0 amide bonds. The monoisotopic (exact) mass is 268 g/mol. The molecule has 19 heavy (non-hydrogen) atoms. The van der Waals surface area contributed by atoms with Crippen molar-refractivity contribution in [1.82, 2.24) is 0 Å². The van der Waals surface area contributed by atoms with Gasteiger partial charge in [-0.05, 0) is 61.1 Å². The zero-order valence-corrected chi connectivity index (χ0v) is 11.6. The number of hydrogen-bond acceptors (Lipinski definition) is 1. The van der Waals surface area contributed by atoms with Gasteiger partial charge in [0.05, 0.1) is 6.10 Å². The fourth-order valence-corrected chi connectivity index (χ4v) is 2.94. The summed E-state index contributed by atoms with van der Waals surface area (Å²) in [5.41, 5.74) is 0.899. The summed E-state index contributed by atoms with van der Waals surface area (Å²) in [6, 6.07) is 3.47. The highest BCUT2D eigenvalue weighted by Gasteiger charge is 2.30. The Balaban J connectivity index is 1.96. The van der Waals surface area contributed by atoms with Gasteiger partial charge in [0.1, 0.15) is 11.6 Å². The van der Waals surface area contributed by atoms with Crippen molar-refractivity contribution in [1.29, 1.82) is 0 Å². The standard InChI is InChI=1S/C16H22F2O/c1-16(2)5-3-12(4-6-16)15(19)9-11-7-13(17)10-14(18)8-11/h7-8,10,12,15,19H,3-6,9H2,1-2H3. The Morgan fingerprint density at radius 3 is 2.21 bits per heavy atom. The molecule has 1 aliphatic carbocycles. The molecule has 1 aromatic carbocycles. The third kappa shape index (κ3) is 4.00. The van der Waals surface area contributed by atoms with Gasteiger partial charge in [-0.15, -0.1) is 0 Å². The third-order valence-electron chi connectivity index (χ3n) is 4.30. The van der Waals surface area contributed by atoms with E-state index in [0.29, 0.717) is 17.4 Å². The lowest BCUT2D eigenvalue weighted by Crippen LogP contribution is -2.30. The van der Waals surface area contributed by atoms with E-state index in [2.05, 4.69) is 13.8 Å². The van der Waals surface area contributed by atoms with Crippen LogP contribution in [0.2, 0.25) is 0 Å².